The number of H-pyrrole nitrogens is 2. The van der Waals surface area contributed by atoms with Gasteiger partial charge in [-0.1, -0.05) is 30.3 Å². The molecule has 36 heavy (non-hydrogen) atoms. The highest BCUT2D eigenvalue weighted by atomic mass is 32.1. The van der Waals surface area contributed by atoms with Crippen molar-refractivity contribution < 1.29 is 0 Å². The van der Waals surface area contributed by atoms with Gasteiger partial charge in [0, 0.05) is 62.4 Å². The van der Waals surface area contributed by atoms with Crippen LogP contribution in [0, 0.1) is 5.41 Å². The van der Waals surface area contributed by atoms with Crippen molar-refractivity contribution in [1.82, 2.24) is 34.6 Å². The molecule has 2 fully saturated rings. The summed E-state index contributed by atoms with van der Waals surface area (Å²) < 4.78 is 0. The van der Waals surface area contributed by atoms with Gasteiger partial charge in [-0.15, -0.1) is 11.3 Å². The summed E-state index contributed by atoms with van der Waals surface area (Å²) in [5.41, 5.74) is 3.28. The number of piperidine rings is 1. The minimum absolute atomic E-state index is 0.560. The van der Waals surface area contributed by atoms with Crippen LogP contribution < -0.4 is 0 Å². The van der Waals surface area contributed by atoms with Gasteiger partial charge in [-0.2, -0.15) is 0 Å². The maximum absolute atomic E-state index is 4.41. The van der Waals surface area contributed by atoms with E-state index >= 15 is 0 Å². The first-order valence-electron chi connectivity index (χ1n) is 13.0. The smallest absolute Gasteiger partial charge is 0.120 e. The van der Waals surface area contributed by atoms with Crippen LogP contribution >= 0.6 is 11.3 Å². The largest absolute Gasteiger partial charge is 0.348 e. The molecule has 6 rings (SSSR count). The fourth-order valence-electron chi connectivity index (χ4n) is 5.77. The third kappa shape index (κ3) is 5.78. The average molecular weight is 502 g/mol. The number of benzene rings is 1. The number of rotatable bonds is 10. The van der Waals surface area contributed by atoms with E-state index in [0.717, 1.165) is 44.4 Å². The second-order valence-electron chi connectivity index (χ2n) is 10.5. The number of hydrogen-bond acceptors (Lipinski definition) is 6. The SMILES string of the molecule is c1csc(CN2CCC3(CC2)CN(Cc2ccc(CN(Cc4ncc[nH]4)Cc4ncc[nH]4)cc2)C3)c1. The van der Waals surface area contributed by atoms with E-state index < -0.39 is 0 Å². The lowest BCUT2D eigenvalue weighted by Crippen LogP contribution is -2.59. The maximum Gasteiger partial charge on any atom is 0.120 e. The Morgan fingerprint density at radius 1 is 0.806 bits per heavy atom. The van der Waals surface area contributed by atoms with Crippen molar-refractivity contribution in [3.63, 3.8) is 0 Å². The topological polar surface area (TPSA) is 67.1 Å². The Hall–Kier alpha value is -2.78. The zero-order chi connectivity index (χ0) is 24.2. The van der Waals surface area contributed by atoms with E-state index in [-0.39, 0.29) is 0 Å². The first-order chi connectivity index (χ1) is 17.7. The Morgan fingerprint density at radius 3 is 2.06 bits per heavy atom. The van der Waals surface area contributed by atoms with Crippen LogP contribution in [0.15, 0.2) is 66.6 Å². The summed E-state index contributed by atoms with van der Waals surface area (Å²) in [5, 5.41) is 2.19. The minimum Gasteiger partial charge on any atom is -0.348 e. The van der Waals surface area contributed by atoms with Crippen LogP contribution in [0.5, 0.6) is 0 Å². The number of nitrogens with zero attached hydrogens (tertiary/aromatic N) is 5. The number of hydrogen-bond donors (Lipinski definition) is 2. The predicted molar refractivity (Wildman–Crippen MR) is 143 cm³/mol. The van der Waals surface area contributed by atoms with Crippen molar-refractivity contribution in [2.24, 2.45) is 5.41 Å². The number of likely N-dealkylation sites (tertiary alicyclic amines) is 2. The molecule has 4 aromatic rings. The molecule has 1 aromatic carbocycles. The van der Waals surface area contributed by atoms with Crippen LogP contribution in [0.1, 0.15) is 40.5 Å². The Balaban J connectivity index is 0.983. The van der Waals surface area contributed by atoms with Gasteiger partial charge in [0.25, 0.3) is 0 Å². The molecule has 0 unspecified atom stereocenters. The molecule has 188 valence electrons. The third-order valence-electron chi connectivity index (χ3n) is 7.69. The Bertz CT molecular complexity index is 1130. The van der Waals surface area contributed by atoms with Gasteiger partial charge in [0.05, 0.1) is 13.1 Å². The lowest BCUT2D eigenvalue weighted by atomic mass is 9.72. The lowest BCUT2D eigenvalue weighted by molar-refractivity contribution is -0.0522. The van der Waals surface area contributed by atoms with E-state index in [9.17, 15) is 0 Å². The zero-order valence-corrected chi connectivity index (χ0v) is 21.6. The van der Waals surface area contributed by atoms with Crippen LogP contribution in [0.3, 0.4) is 0 Å². The molecule has 0 amide bonds. The molecular formula is C28H35N7S. The predicted octanol–water partition coefficient (Wildman–Crippen LogP) is 4.49. The first kappa shape index (κ1) is 23.6. The molecule has 0 atom stereocenters. The highest BCUT2D eigenvalue weighted by Crippen LogP contribution is 2.41. The van der Waals surface area contributed by atoms with Gasteiger partial charge in [0.1, 0.15) is 11.6 Å². The monoisotopic (exact) mass is 501 g/mol. The highest BCUT2D eigenvalue weighted by Gasteiger charge is 2.44. The molecule has 2 saturated heterocycles. The molecule has 8 heteroatoms. The van der Waals surface area contributed by atoms with Crippen molar-refractivity contribution in [1.29, 1.82) is 0 Å². The molecule has 0 aliphatic carbocycles. The van der Waals surface area contributed by atoms with Gasteiger partial charge in [0.15, 0.2) is 0 Å². The van der Waals surface area contributed by atoms with Gasteiger partial charge >= 0.3 is 0 Å². The summed E-state index contributed by atoms with van der Waals surface area (Å²) in [7, 11) is 0. The fraction of sp³-hybridized carbons (Fsp3) is 0.429. The van der Waals surface area contributed by atoms with E-state index in [1.807, 2.05) is 36.1 Å². The molecule has 2 aliphatic heterocycles. The molecule has 0 bridgehead atoms. The van der Waals surface area contributed by atoms with Gasteiger partial charge in [-0.05, 0) is 53.9 Å². The van der Waals surface area contributed by atoms with E-state index in [1.165, 1.54) is 55.0 Å². The number of aromatic nitrogens is 4. The summed E-state index contributed by atoms with van der Waals surface area (Å²) in [6.07, 6.45) is 10.1. The summed E-state index contributed by atoms with van der Waals surface area (Å²) >= 11 is 1.88. The van der Waals surface area contributed by atoms with E-state index in [4.69, 9.17) is 0 Å². The van der Waals surface area contributed by atoms with E-state index in [2.05, 4.69) is 76.4 Å². The number of nitrogens with one attached hydrogen (secondary N) is 2. The van der Waals surface area contributed by atoms with Crippen molar-refractivity contribution in [2.75, 3.05) is 26.2 Å². The van der Waals surface area contributed by atoms with Gasteiger partial charge in [0.2, 0.25) is 0 Å². The normalized spacial score (nSPS) is 18.1. The summed E-state index contributed by atoms with van der Waals surface area (Å²) in [5.74, 6) is 1.95. The average Bonchev–Trinajstić information content (AvgIpc) is 3.65. The maximum atomic E-state index is 4.41. The first-order valence-corrected chi connectivity index (χ1v) is 13.8. The molecule has 1 spiro atoms. The van der Waals surface area contributed by atoms with Crippen LogP contribution in [0.2, 0.25) is 0 Å². The van der Waals surface area contributed by atoms with Gasteiger partial charge < -0.3 is 9.97 Å². The van der Waals surface area contributed by atoms with Crippen molar-refractivity contribution in [3.8, 4) is 0 Å². The quantitative estimate of drug-likeness (QED) is 0.335. The molecule has 0 saturated carbocycles. The third-order valence-corrected chi connectivity index (χ3v) is 8.55. The molecule has 7 nitrogen and oxygen atoms in total. The van der Waals surface area contributed by atoms with E-state index in [0.29, 0.717) is 5.41 Å². The van der Waals surface area contributed by atoms with Crippen LogP contribution in [-0.4, -0.2) is 60.8 Å². The van der Waals surface area contributed by atoms with Crippen molar-refractivity contribution >= 4 is 11.3 Å². The molecule has 3 aromatic heterocycles. The van der Waals surface area contributed by atoms with Crippen LogP contribution in [0.25, 0.3) is 0 Å². The molecular weight excluding hydrogens is 466 g/mol. The number of imidazole rings is 2. The fourth-order valence-corrected chi connectivity index (χ4v) is 6.51. The van der Waals surface area contributed by atoms with Crippen molar-refractivity contribution in [2.45, 2.75) is 45.6 Å². The summed E-state index contributed by atoms with van der Waals surface area (Å²) in [6.45, 7) is 9.56. The zero-order valence-electron chi connectivity index (χ0n) is 20.8. The molecule has 2 N–H and O–H groups in total. The lowest BCUT2D eigenvalue weighted by Gasteiger charge is -2.54. The highest BCUT2D eigenvalue weighted by molar-refractivity contribution is 7.09. The molecule has 2 aliphatic rings. The van der Waals surface area contributed by atoms with E-state index in [1.54, 1.807) is 0 Å². The Labute approximate surface area is 217 Å². The van der Waals surface area contributed by atoms with Crippen molar-refractivity contribution in [3.05, 3.63) is 94.2 Å². The van der Waals surface area contributed by atoms with Crippen LogP contribution in [-0.2, 0) is 32.7 Å². The Morgan fingerprint density at radius 2 is 1.47 bits per heavy atom. The van der Waals surface area contributed by atoms with Gasteiger partial charge in [-0.3, -0.25) is 14.7 Å². The Kier molecular flexibility index (Phi) is 7.01. The van der Waals surface area contributed by atoms with Crippen LogP contribution in [0.4, 0.5) is 0 Å². The number of aromatic amines is 2. The minimum atomic E-state index is 0.560. The summed E-state index contributed by atoms with van der Waals surface area (Å²) in [4.78, 5) is 24.4. The van der Waals surface area contributed by atoms with Gasteiger partial charge in [-0.25, -0.2) is 9.97 Å². The standard InChI is InChI=1S/C28H35N7S/c1-2-25(36-15-1)18-33-13-7-28(8-14-33)21-35(22-28)17-24-5-3-23(4-6-24)16-34(19-26-29-9-10-30-26)20-27-31-11-12-32-27/h1-6,9-12,15H,7-8,13-14,16-22H2,(H,29,30)(H,31,32). The summed E-state index contributed by atoms with van der Waals surface area (Å²) in [6, 6.07) is 13.6. The number of thiophene rings is 1. The molecule has 5 heterocycles. The molecule has 0 radical (unpaired) electrons. The second kappa shape index (κ2) is 10.7. The second-order valence-corrected chi connectivity index (χ2v) is 11.6.